The Kier molecular flexibility index (Phi) is 6.57. The number of carbonyl (C=O) groups excluding carboxylic acids is 1. The highest BCUT2D eigenvalue weighted by Crippen LogP contribution is 2.24. The summed E-state index contributed by atoms with van der Waals surface area (Å²) in [6, 6.07) is 21.1. The van der Waals surface area contributed by atoms with Gasteiger partial charge in [0.1, 0.15) is 0 Å². The van der Waals surface area contributed by atoms with Crippen molar-refractivity contribution in [3.05, 3.63) is 95.1 Å². The van der Waals surface area contributed by atoms with Crippen molar-refractivity contribution in [1.29, 1.82) is 0 Å². The van der Waals surface area contributed by atoms with E-state index >= 15 is 0 Å². The quantitative estimate of drug-likeness (QED) is 0.563. The first-order chi connectivity index (χ1) is 14.3. The van der Waals surface area contributed by atoms with E-state index in [2.05, 4.69) is 10.0 Å². The van der Waals surface area contributed by atoms with Gasteiger partial charge in [-0.1, -0.05) is 61.0 Å². The molecule has 5 nitrogen and oxygen atoms in total. The Labute approximate surface area is 178 Å². The van der Waals surface area contributed by atoms with Crippen LogP contribution < -0.4 is 10.0 Å². The first kappa shape index (κ1) is 21.6. The molecule has 3 rings (SSSR count). The largest absolute Gasteiger partial charge is 0.345 e. The third-order valence-electron chi connectivity index (χ3n) is 5.07. The molecule has 0 saturated carbocycles. The highest BCUT2D eigenvalue weighted by atomic mass is 32.2. The normalized spacial score (nSPS) is 12.2. The summed E-state index contributed by atoms with van der Waals surface area (Å²) < 4.78 is 27.9. The number of amides is 1. The first-order valence-electron chi connectivity index (χ1n) is 9.86. The molecule has 1 amide bonds. The fourth-order valence-corrected chi connectivity index (χ4v) is 4.40. The highest BCUT2D eigenvalue weighted by molar-refractivity contribution is 7.92. The molecule has 0 aromatic heterocycles. The van der Waals surface area contributed by atoms with E-state index in [1.54, 1.807) is 43.3 Å². The van der Waals surface area contributed by atoms with Crippen molar-refractivity contribution in [3.63, 3.8) is 0 Å². The molecular formula is C24H26N2O3S. The molecule has 3 aromatic carbocycles. The lowest BCUT2D eigenvalue weighted by Crippen LogP contribution is -2.29. The van der Waals surface area contributed by atoms with Crippen molar-refractivity contribution < 1.29 is 13.2 Å². The first-order valence-corrected chi connectivity index (χ1v) is 11.3. The van der Waals surface area contributed by atoms with Crippen LogP contribution in [0.25, 0.3) is 0 Å². The van der Waals surface area contributed by atoms with E-state index in [4.69, 9.17) is 0 Å². The number of sulfonamides is 1. The van der Waals surface area contributed by atoms with Gasteiger partial charge in [0.2, 0.25) is 0 Å². The van der Waals surface area contributed by atoms with Crippen LogP contribution in [0, 0.1) is 13.8 Å². The summed E-state index contributed by atoms with van der Waals surface area (Å²) in [7, 11) is -3.73. The van der Waals surface area contributed by atoms with E-state index in [-0.39, 0.29) is 16.8 Å². The zero-order valence-corrected chi connectivity index (χ0v) is 18.2. The molecule has 0 heterocycles. The number of anilines is 1. The Hall–Kier alpha value is -3.12. The average Bonchev–Trinajstić information content (AvgIpc) is 2.74. The molecule has 0 unspecified atom stereocenters. The zero-order valence-electron chi connectivity index (χ0n) is 17.3. The lowest BCUT2D eigenvalue weighted by molar-refractivity contribution is 0.0935. The van der Waals surface area contributed by atoms with Crippen LogP contribution in [0.3, 0.4) is 0 Å². The van der Waals surface area contributed by atoms with Gasteiger partial charge in [-0.15, -0.1) is 0 Å². The maximum Gasteiger partial charge on any atom is 0.261 e. The molecule has 6 heteroatoms. The Morgan fingerprint density at radius 2 is 1.57 bits per heavy atom. The monoisotopic (exact) mass is 422 g/mol. The van der Waals surface area contributed by atoms with Crippen molar-refractivity contribution in [2.75, 3.05) is 4.72 Å². The number of hydrogen-bond acceptors (Lipinski definition) is 3. The van der Waals surface area contributed by atoms with Crippen LogP contribution in [0.2, 0.25) is 0 Å². The average molecular weight is 423 g/mol. The minimum absolute atomic E-state index is 0.123. The van der Waals surface area contributed by atoms with E-state index in [1.165, 1.54) is 12.1 Å². The number of aryl methyl sites for hydroxylation is 1. The number of rotatable bonds is 7. The Morgan fingerprint density at radius 1 is 0.900 bits per heavy atom. The van der Waals surface area contributed by atoms with Crippen LogP contribution in [0.5, 0.6) is 0 Å². The maximum absolute atomic E-state index is 13.0. The predicted molar refractivity (Wildman–Crippen MR) is 120 cm³/mol. The van der Waals surface area contributed by atoms with E-state index in [1.807, 2.05) is 38.1 Å². The van der Waals surface area contributed by atoms with Crippen molar-refractivity contribution in [3.8, 4) is 0 Å². The molecule has 1 atom stereocenters. The van der Waals surface area contributed by atoms with Gasteiger partial charge in [0.05, 0.1) is 16.6 Å². The van der Waals surface area contributed by atoms with Gasteiger partial charge in [-0.05, 0) is 55.7 Å². The molecule has 0 bridgehead atoms. The minimum Gasteiger partial charge on any atom is -0.345 e. The van der Waals surface area contributed by atoms with Crippen molar-refractivity contribution in [2.45, 2.75) is 38.1 Å². The second-order valence-corrected chi connectivity index (χ2v) is 8.92. The fourth-order valence-electron chi connectivity index (χ4n) is 3.25. The molecule has 0 aliphatic heterocycles. The predicted octanol–water partition coefficient (Wildman–Crippen LogP) is 4.99. The molecular weight excluding hydrogens is 396 g/mol. The lowest BCUT2D eigenvalue weighted by atomic mass is 10.0. The molecule has 2 N–H and O–H groups in total. The third-order valence-corrected chi connectivity index (χ3v) is 6.45. The SMILES string of the molecule is CC[C@@H](NC(=O)c1cccc(NS(=O)(=O)c2ccccc2)c1C)c1ccc(C)cc1. The summed E-state index contributed by atoms with van der Waals surface area (Å²) >= 11 is 0. The molecule has 0 saturated heterocycles. The van der Waals surface area contributed by atoms with E-state index in [0.717, 1.165) is 17.5 Å². The van der Waals surface area contributed by atoms with Crippen LogP contribution in [-0.2, 0) is 10.0 Å². The molecule has 0 aliphatic carbocycles. The summed E-state index contributed by atoms with van der Waals surface area (Å²) in [6.07, 6.45) is 0.744. The molecule has 0 radical (unpaired) electrons. The molecule has 0 fully saturated rings. The molecule has 0 spiro atoms. The van der Waals surface area contributed by atoms with Crippen LogP contribution in [0.15, 0.2) is 77.7 Å². The van der Waals surface area contributed by atoms with Gasteiger partial charge in [-0.3, -0.25) is 9.52 Å². The number of nitrogens with one attached hydrogen (secondary N) is 2. The fraction of sp³-hybridized carbons (Fsp3) is 0.208. The van der Waals surface area contributed by atoms with E-state index in [9.17, 15) is 13.2 Å². The topological polar surface area (TPSA) is 75.3 Å². The van der Waals surface area contributed by atoms with Crippen LogP contribution >= 0.6 is 0 Å². The number of benzene rings is 3. The second-order valence-electron chi connectivity index (χ2n) is 7.24. The maximum atomic E-state index is 13.0. The zero-order chi connectivity index (χ0) is 21.7. The van der Waals surface area contributed by atoms with Gasteiger partial charge >= 0.3 is 0 Å². The summed E-state index contributed by atoms with van der Waals surface area (Å²) in [5.74, 6) is -0.235. The van der Waals surface area contributed by atoms with Gasteiger partial charge in [-0.25, -0.2) is 8.42 Å². The molecule has 0 aliphatic rings. The van der Waals surface area contributed by atoms with Gasteiger partial charge in [0.15, 0.2) is 0 Å². The van der Waals surface area contributed by atoms with E-state index < -0.39 is 10.0 Å². The van der Waals surface area contributed by atoms with Crippen LogP contribution in [-0.4, -0.2) is 14.3 Å². The summed E-state index contributed by atoms with van der Waals surface area (Å²) in [5, 5.41) is 3.07. The summed E-state index contributed by atoms with van der Waals surface area (Å²) in [5.41, 5.74) is 3.60. The Morgan fingerprint density at radius 3 is 2.20 bits per heavy atom. The van der Waals surface area contributed by atoms with Crippen LogP contribution in [0.1, 0.15) is 46.4 Å². The number of hydrogen-bond donors (Lipinski definition) is 2. The van der Waals surface area contributed by atoms with E-state index in [0.29, 0.717) is 16.8 Å². The minimum atomic E-state index is -3.73. The number of carbonyl (C=O) groups is 1. The molecule has 30 heavy (non-hydrogen) atoms. The smallest absolute Gasteiger partial charge is 0.261 e. The highest BCUT2D eigenvalue weighted by Gasteiger charge is 2.19. The standard InChI is InChI=1S/C24H26N2O3S/c1-4-22(19-15-13-17(2)14-16-19)25-24(27)21-11-8-12-23(18(21)3)26-30(28,29)20-9-6-5-7-10-20/h5-16,22,26H,4H2,1-3H3,(H,25,27)/t22-/m1/s1. The van der Waals surface area contributed by atoms with Gasteiger partial charge < -0.3 is 5.32 Å². The third kappa shape index (κ3) is 4.89. The Balaban J connectivity index is 1.83. The van der Waals surface area contributed by atoms with Crippen molar-refractivity contribution in [1.82, 2.24) is 5.32 Å². The Bertz CT molecular complexity index is 1120. The van der Waals surface area contributed by atoms with Crippen molar-refractivity contribution in [2.24, 2.45) is 0 Å². The molecule has 3 aromatic rings. The van der Waals surface area contributed by atoms with Gasteiger partial charge in [-0.2, -0.15) is 0 Å². The van der Waals surface area contributed by atoms with Gasteiger partial charge in [0, 0.05) is 5.56 Å². The van der Waals surface area contributed by atoms with Crippen LogP contribution in [0.4, 0.5) is 5.69 Å². The lowest BCUT2D eigenvalue weighted by Gasteiger charge is -2.19. The molecule has 156 valence electrons. The van der Waals surface area contributed by atoms with Crippen molar-refractivity contribution >= 4 is 21.6 Å². The summed E-state index contributed by atoms with van der Waals surface area (Å²) in [6.45, 7) is 5.78. The second kappa shape index (κ2) is 9.13. The van der Waals surface area contributed by atoms with Gasteiger partial charge in [0.25, 0.3) is 15.9 Å². The summed E-state index contributed by atoms with van der Waals surface area (Å²) in [4.78, 5) is 13.1.